The highest BCUT2D eigenvalue weighted by atomic mass is 16.5. The van der Waals surface area contributed by atoms with Gasteiger partial charge in [-0.05, 0) is 42.7 Å². The van der Waals surface area contributed by atoms with Gasteiger partial charge >= 0.3 is 0 Å². The average molecular weight is 312 g/mol. The van der Waals surface area contributed by atoms with E-state index in [-0.39, 0.29) is 0 Å². The lowest BCUT2D eigenvalue weighted by atomic mass is 10.1. The minimum absolute atomic E-state index is 0.774. The van der Waals surface area contributed by atoms with E-state index >= 15 is 0 Å². The molecule has 1 aromatic heterocycles. The lowest BCUT2D eigenvalue weighted by Crippen LogP contribution is -1.93. The number of unbranched alkanes of at least 4 members (excludes halogenated alkanes) is 6. The van der Waals surface area contributed by atoms with Crippen molar-refractivity contribution in [2.75, 3.05) is 7.11 Å². The monoisotopic (exact) mass is 312 g/mol. The highest BCUT2D eigenvalue weighted by Gasteiger charge is 2.02. The van der Waals surface area contributed by atoms with Crippen LogP contribution in [0, 0.1) is 0 Å². The molecule has 124 valence electrons. The van der Waals surface area contributed by atoms with Crippen molar-refractivity contribution < 1.29 is 4.74 Å². The van der Waals surface area contributed by atoms with Crippen molar-refractivity contribution in [3.63, 3.8) is 0 Å². The van der Waals surface area contributed by atoms with Crippen LogP contribution < -0.4 is 4.74 Å². The Morgan fingerprint density at radius 1 is 0.826 bits per heavy atom. The topological polar surface area (TPSA) is 35.0 Å². The molecule has 0 aliphatic heterocycles. The molecule has 0 unspecified atom stereocenters. The van der Waals surface area contributed by atoms with Crippen molar-refractivity contribution in [3.8, 4) is 17.1 Å². The van der Waals surface area contributed by atoms with Crippen LogP contribution in [0.5, 0.6) is 5.75 Å². The second-order valence-corrected chi connectivity index (χ2v) is 6.01. The maximum atomic E-state index is 5.17. The molecule has 0 atom stereocenters. The molecule has 0 spiro atoms. The predicted molar refractivity (Wildman–Crippen MR) is 95.7 cm³/mol. The number of ether oxygens (including phenoxy) is 1. The summed E-state index contributed by atoms with van der Waals surface area (Å²) in [6.45, 7) is 2.26. The Labute approximate surface area is 140 Å². The molecule has 23 heavy (non-hydrogen) atoms. The lowest BCUT2D eigenvalue weighted by molar-refractivity contribution is 0.415. The van der Waals surface area contributed by atoms with Gasteiger partial charge in [0.1, 0.15) is 5.75 Å². The van der Waals surface area contributed by atoms with Gasteiger partial charge in [0.25, 0.3) is 0 Å². The van der Waals surface area contributed by atoms with E-state index in [1.165, 1.54) is 50.5 Å². The van der Waals surface area contributed by atoms with Crippen LogP contribution >= 0.6 is 0 Å². The van der Waals surface area contributed by atoms with Crippen LogP contribution in [-0.4, -0.2) is 17.1 Å². The van der Waals surface area contributed by atoms with Crippen molar-refractivity contribution in [2.24, 2.45) is 0 Å². The van der Waals surface area contributed by atoms with Crippen LogP contribution in [0.2, 0.25) is 0 Å². The molecular formula is C20H28N2O. The van der Waals surface area contributed by atoms with E-state index in [9.17, 15) is 0 Å². The molecule has 0 aliphatic rings. The number of benzene rings is 1. The second kappa shape index (κ2) is 9.98. The molecule has 0 bridgehead atoms. The van der Waals surface area contributed by atoms with Crippen LogP contribution in [0.15, 0.2) is 36.7 Å². The molecule has 3 nitrogen and oxygen atoms in total. The summed E-state index contributed by atoms with van der Waals surface area (Å²) in [5, 5.41) is 0. The highest BCUT2D eigenvalue weighted by molar-refractivity contribution is 5.55. The number of rotatable bonds is 10. The molecule has 0 fully saturated rings. The van der Waals surface area contributed by atoms with E-state index in [1.807, 2.05) is 36.7 Å². The minimum Gasteiger partial charge on any atom is -0.497 e. The number of hydrogen-bond acceptors (Lipinski definition) is 3. The Hall–Kier alpha value is -1.90. The standard InChI is InChI=1S/C20H28N2O/c1-3-4-5-6-7-8-9-10-17-15-21-20(22-16-17)18-11-13-19(23-2)14-12-18/h11-16H,3-10H2,1-2H3. The molecule has 0 radical (unpaired) electrons. The Morgan fingerprint density at radius 2 is 1.43 bits per heavy atom. The third kappa shape index (κ3) is 6.01. The fourth-order valence-corrected chi connectivity index (χ4v) is 2.66. The summed E-state index contributed by atoms with van der Waals surface area (Å²) in [6, 6.07) is 7.85. The first-order valence-electron chi connectivity index (χ1n) is 8.79. The molecular weight excluding hydrogens is 284 g/mol. The fraction of sp³-hybridized carbons (Fsp3) is 0.500. The highest BCUT2D eigenvalue weighted by Crippen LogP contribution is 2.19. The quantitative estimate of drug-likeness (QED) is 0.547. The van der Waals surface area contributed by atoms with E-state index in [1.54, 1.807) is 7.11 Å². The molecule has 3 heteroatoms. The van der Waals surface area contributed by atoms with Crippen LogP contribution in [0.3, 0.4) is 0 Å². The number of aromatic nitrogens is 2. The SMILES string of the molecule is CCCCCCCCCc1cnc(-c2ccc(OC)cc2)nc1. The van der Waals surface area contributed by atoms with E-state index in [4.69, 9.17) is 4.74 Å². The van der Waals surface area contributed by atoms with Gasteiger partial charge in [0, 0.05) is 18.0 Å². The molecule has 1 aromatic carbocycles. The second-order valence-electron chi connectivity index (χ2n) is 6.01. The maximum absolute atomic E-state index is 5.17. The fourth-order valence-electron chi connectivity index (χ4n) is 2.66. The number of nitrogens with zero attached hydrogens (tertiary/aromatic N) is 2. The minimum atomic E-state index is 0.774. The number of aryl methyl sites for hydroxylation is 1. The third-order valence-electron chi connectivity index (χ3n) is 4.12. The van der Waals surface area contributed by atoms with Crippen LogP contribution in [0.4, 0.5) is 0 Å². The lowest BCUT2D eigenvalue weighted by Gasteiger charge is -2.04. The van der Waals surface area contributed by atoms with Gasteiger partial charge in [-0.15, -0.1) is 0 Å². The van der Waals surface area contributed by atoms with Crippen LogP contribution in [0.1, 0.15) is 57.4 Å². The van der Waals surface area contributed by atoms with E-state index in [0.29, 0.717) is 0 Å². The first-order valence-corrected chi connectivity index (χ1v) is 8.79. The summed E-state index contributed by atoms with van der Waals surface area (Å²) in [4.78, 5) is 8.98. The van der Waals surface area contributed by atoms with Gasteiger partial charge in [0.15, 0.2) is 5.82 Å². The zero-order valence-corrected chi connectivity index (χ0v) is 14.4. The van der Waals surface area contributed by atoms with Gasteiger partial charge in [0.2, 0.25) is 0 Å². The van der Waals surface area contributed by atoms with Crippen molar-refractivity contribution in [1.29, 1.82) is 0 Å². The molecule has 0 saturated heterocycles. The zero-order chi connectivity index (χ0) is 16.3. The van der Waals surface area contributed by atoms with Gasteiger partial charge in [0.05, 0.1) is 7.11 Å². The summed E-state index contributed by atoms with van der Waals surface area (Å²) < 4.78 is 5.17. The predicted octanol–water partition coefficient (Wildman–Crippen LogP) is 5.45. The Balaban J connectivity index is 1.75. The maximum Gasteiger partial charge on any atom is 0.159 e. The van der Waals surface area contributed by atoms with E-state index < -0.39 is 0 Å². The Bertz CT molecular complexity index is 549. The van der Waals surface area contributed by atoms with Crippen molar-refractivity contribution in [1.82, 2.24) is 9.97 Å². The van der Waals surface area contributed by atoms with Gasteiger partial charge in [-0.1, -0.05) is 45.4 Å². The number of methoxy groups -OCH3 is 1. The van der Waals surface area contributed by atoms with Crippen LogP contribution in [-0.2, 0) is 6.42 Å². The van der Waals surface area contributed by atoms with Crippen LogP contribution in [0.25, 0.3) is 11.4 Å². The average Bonchev–Trinajstić information content (AvgIpc) is 2.61. The van der Waals surface area contributed by atoms with Crippen molar-refractivity contribution in [2.45, 2.75) is 58.3 Å². The summed E-state index contributed by atoms with van der Waals surface area (Å²) in [6.07, 6.45) is 14.4. The third-order valence-corrected chi connectivity index (χ3v) is 4.12. The summed E-state index contributed by atoms with van der Waals surface area (Å²) >= 11 is 0. The van der Waals surface area contributed by atoms with Crippen molar-refractivity contribution >= 4 is 0 Å². The normalized spacial score (nSPS) is 10.7. The zero-order valence-electron chi connectivity index (χ0n) is 14.4. The Morgan fingerprint density at radius 3 is 2.04 bits per heavy atom. The largest absolute Gasteiger partial charge is 0.497 e. The molecule has 0 amide bonds. The first kappa shape index (κ1) is 17.5. The van der Waals surface area contributed by atoms with Crippen molar-refractivity contribution in [3.05, 3.63) is 42.2 Å². The summed E-state index contributed by atoms with van der Waals surface area (Å²) in [5.41, 5.74) is 2.25. The molecule has 1 heterocycles. The Kier molecular flexibility index (Phi) is 7.58. The molecule has 0 aliphatic carbocycles. The molecule has 0 saturated carbocycles. The smallest absolute Gasteiger partial charge is 0.159 e. The molecule has 0 N–H and O–H groups in total. The van der Waals surface area contributed by atoms with Gasteiger partial charge < -0.3 is 4.74 Å². The first-order chi connectivity index (χ1) is 11.3. The van der Waals surface area contributed by atoms with Gasteiger partial charge in [-0.2, -0.15) is 0 Å². The molecule has 2 aromatic rings. The van der Waals surface area contributed by atoms with E-state index in [0.717, 1.165) is 23.6 Å². The van der Waals surface area contributed by atoms with Gasteiger partial charge in [-0.3, -0.25) is 0 Å². The summed E-state index contributed by atoms with van der Waals surface area (Å²) in [7, 11) is 1.67. The van der Waals surface area contributed by atoms with Gasteiger partial charge in [-0.25, -0.2) is 9.97 Å². The van der Waals surface area contributed by atoms with E-state index in [2.05, 4.69) is 16.9 Å². The molecule has 2 rings (SSSR count). The summed E-state index contributed by atoms with van der Waals surface area (Å²) in [5.74, 6) is 1.63. The number of hydrogen-bond donors (Lipinski definition) is 0.